The van der Waals surface area contributed by atoms with Crippen molar-refractivity contribution in [2.75, 3.05) is 26.3 Å². The normalized spacial score (nSPS) is 23.9. The molecule has 1 saturated heterocycles. The number of nitrogens with one attached hydrogen (secondary N) is 1. The van der Waals surface area contributed by atoms with Gasteiger partial charge in [-0.1, -0.05) is 12.1 Å². The standard InChI is InChI=1S/C16H25N3O2/c1-11(2)19-6-8-21-15(10-19)16(18-17)13-3-4-14-12(9-13)5-7-20-14/h3-4,9,11,15-16,18H,5-8,10,17H2,1-2H3. The second-order valence-electron chi connectivity index (χ2n) is 6.11. The zero-order valence-corrected chi connectivity index (χ0v) is 12.8. The van der Waals surface area contributed by atoms with Crippen molar-refractivity contribution in [1.82, 2.24) is 10.3 Å². The molecular formula is C16H25N3O2. The van der Waals surface area contributed by atoms with Crippen LogP contribution in [0.15, 0.2) is 18.2 Å². The molecule has 116 valence electrons. The molecule has 21 heavy (non-hydrogen) atoms. The molecule has 2 heterocycles. The first-order chi connectivity index (χ1) is 10.2. The van der Waals surface area contributed by atoms with Gasteiger partial charge in [-0.2, -0.15) is 0 Å². The van der Waals surface area contributed by atoms with E-state index in [9.17, 15) is 0 Å². The molecule has 0 spiro atoms. The number of benzene rings is 1. The summed E-state index contributed by atoms with van der Waals surface area (Å²) in [5.41, 5.74) is 5.39. The van der Waals surface area contributed by atoms with E-state index in [0.29, 0.717) is 6.04 Å². The van der Waals surface area contributed by atoms with Crippen molar-refractivity contribution in [3.05, 3.63) is 29.3 Å². The summed E-state index contributed by atoms with van der Waals surface area (Å²) >= 11 is 0. The van der Waals surface area contributed by atoms with Crippen molar-refractivity contribution in [3.8, 4) is 5.75 Å². The van der Waals surface area contributed by atoms with Gasteiger partial charge in [0.05, 0.1) is 25.4 Å². The number of nitrogens with two attached hydrogens (primary N) is 1. The van der Waals surface area contributed by atoms with Crippen LogP contribution in [0.25, 0.3) is 0 Å². The molecular weight excluding hydrogens is 266 g/mol. The topological polar surface area (TPSA) is 59.8 Å². The number of hydrazine groups is 1. The zero-order chi connectivity index (χ0) is 14.8. The second-order valence-corrected chi connectivity index (χ2v) is 6.11. The maximum absolute atomic E-state index is 5.97. The van der Waals surface area contributed by atoms with E-state index in [2.05, 4.69) is 36.3 Å². The minimum Gasteiger partial charge on any atom is -0.493 e. The third kappa shape index (κ3) is 3.06. The Labute approximate surface area is 126 Å². The number of nitrogens with zero attached hydrogens (tertiary/aromatic N) is 1. The lowest BCUT2D eigenvalue weighted by Gasteiger charge is -2.38. The average molecular weight is 291 g/mol. The number of fused-ring (bicyclic) bond motifs is 1. The number of ether oxygens (including phenoxy) is 2. The van der Waals surface area contributed by atoms with Crippen LogP contribution in [0.4, 0.5) is 0 Å². The van der Waals surface area contributed by atoms with Gasteiger partial charge in [0.15, 0.2) is 0 Å². The second kappa shape index (κ2) is 6.32. The summed E-state index contributed by atoms with van der Waals surface area (Å²) in [6.07, 6.45) is 1.05. The summed E-state index contributed by atoms with van der Waals surface area (Å²) in [6, 6.07) is 6.88. The van der Waals surface area contributed by atoms with E-state index in [1.165, 1.54) is 11.1 Å². The quantitative estimate of drug-likeness (QED) is 0.645. The Morgan fingerprint density at radius 1 is 1.33 bits per heavy atom. The van der Waals surface area contributed by atoms with E-state index >= 15 is 0 Å². The number of hydrogen-bond donors (Lipinski definition) is 2. The number of morpholine rings is 1. The summed E-state index contributed by atoms with van der Waals surface area (Å²) in [5.74, 6) is 6.83. The fraction of sp³-hybridized carbons (Fsp3) is 0.625. The molecule has 2 unspecified atom stereocenters. The monoisotopic (exact) mass is 291 g/mol. The highest BCUT2D eigenvalue weighted by atomic mass is 16.5. The van der Waals surface area contributed by atoms with Crippen LogP contribution in [-0.4, -0.2) is 43.3 Å². The SMILES string of the molecule is CC(C)N1CCOC(C(NN)c2ccc3c(c2)CCO3)C1. The van der Waals surface area contributed by atoms with Gasteiger partial charge in [0.2, 0.25) is 0 Å². The molecule has 0 radical (unpaired) electrons. The molecule has 1 aromatic carbocycles. The van der Waals surface area contributed by atoms with Crippen LogP contribution < -0.4 is 16.0 Å². The molecule has 3 rings (SSSR count). The maximum Gasteiger partial charge on any atom is 0.122 e. The maximum atomic E-state index is 5.97. The van der Waals surface area contributed by atoms with Crippen molar-refractivity contribution in [2.45, 2.75) is 38.5 Å². The van der Waals surface area contributed by atoms with Gasteiger partial charge < -0.3 is 9.47 Å². The van der Waals surface area contributed by atoms with Crippen molar-refractivity contribution in [1.29, 1.82) is 0 Å². The number of rotatable bonds is 4. The van der Waals surface area contributed by atoms with E-state index in [1.54, 1.807) is 0 Å². The Bertz CT molecular complexity index is 492. The van der Waals surface area contributed by atoms with Gasteiger partial charge >= 0.3 is 0 Å². The molecule has 0 aliphatic carbocycles. The third-order valence-corrected chi connectivity index (χ3v) is 4.48. The summed E-state index contributed by atoms with van der Waals surface area (Å²) < 4.78 is 11.5. The molecule has 2 aliphatic rings. The van der Waals surface area contributed by atoms with Gasteiger partial charge in [0.25, 0.3) is 0 Å². The first kappa shape index (κ1) is 14.8. The fourth-order valence-corrected chi connectivity index (χ4v) is 3.19. The van der Waals surface area contributed by atoms with Gasteiger partial charge in [-0.15, -0.1) is 0 Å². The lowest BCUT2D eigenvalue weighted by atomic mass is 9.97. The van der Waals surface area contributed by atoms with Crippen molar-refractivity contribution < 1.29 is 9.47 Å². The van der Waals surface area contributed by atoms with Crippen LogP contribution in [0.2, 0.25) is 0 Å². The summed E-state index contributed by atoms with van der Waals surface area (Å²) in [4.78, 5) is 2.44. The highest BCUT2D eigenvalue weighted by Gasteiger charge is 2.30. The molecule has 5 heteroatoms. The molecule has 3 N–H and O–H groups in total. The Morgan fingerprint density at radius 2 is 2.19 bits per heavy atom. The van der Waals surface area contributed by atoms with Crippen LogP contribution in [0.1, 0.15) is 31.0 Å². The third-order valence-electron chi connectivity index (χ3n) is 4.48. The minimum atomic E-state index is 0.0115. The predicted octanol–water partition coefficient (Wildman–Crippen LogP) is 1.24. The van der Waals surface area contributed by atoms with E-state index in [1.807, 2.05) is 6.07 Å². The van der Waals surface area contributed by atoms with Crippen LogP contribution in [0, 0.1) is 0 Å². The fourth-order valence-electron chi connectivity index (χ4n) is 3.19. The van der Waals surface area contributed by atoms with Crippen molar-refractivity contribution in [3.63, 3.8) is 0 Å². The van der Waals surface area contributed by atoms with Crippen LogP contribution in [0.3, 0.4) is 0 Å². The highest BCUT2D eigenvalue weighted by Crippen LogP contribution is 2.30. The van der Waals surface area contributed by atoms with Crippen molar-refractivity contribution >= 4 is 0 Å². The zero-order valence-electron chi connectivity index (χ0n) is 12.8. The highest BCUT2D eigenvalue weighted by molar-refractivity contribution is 5.41. The van der Waals surface area contributed by atoms with Crippen molar-refractivity contribution in [2.24, 2.45) is 5.84 Å². The predicted molar refractivity (Wildman–Crippen MR) is 82.2 cm³/mol. The van der Waals surface area contributed by atoms with Gasteiger partial charge in [-0.3, -0.25) is 16.2 Å². The van der Waals surface area contributed by atoms with Crippen LogP contribution in [0.5, 0.6) is 5.75 Å². The van der Waals surface area contributed by atoms with Gasteiger partial charge in [-0.05, 0) is 31.0 Å². The van der Waals surface area contributed by atoms with E-state index < -0.39 is 0 Å². The van der Waals surface area contributed by atoms with Gasteiger partial charge in [0, 0.05) is 25.6 Å². The van der Waals surface area contributed by atoms with Crippen LogP contribution in [-0.2, 0) is 11.2 Å². The molecule has 1 aromatic rings. The molecule has 0 bridgehead atoms. The first-order valence-electron chi connectivity index (χ1n) is 7.76. The largest absolute Gasteiger partial charge is 0.493 e. The van der Waals surface area contributed by atoms with Gasteiger partial charge in [0.1, 0.15) is 5.75 Å². The summed E-state index contributed by atoms with van der Waals surface area (Å²) in [7, 11) is 0. The lowest BCUT2D eigenvalue weighted by Crippen LogP contribution is -2.51. The first-order valence-corrected chi connectivity index (χ1v) is 7.76. The Hall–Kier alpha value is -1.14. The minimum absolute atomic E-state index is 0.0115. The Kier molecular flexibility index (Phi) is 4.45. The number of hydrogen-bond acceptors (Lipinski definition) is 5. The molecule has 2 atom stereocenters. The van der Waals surface area contributed by atoms with Gasteiger partial charge in [-0.25, -0.2) is 0 Å². The smallest absolute Gasteiger partial charge is 0.122 e. The van der Waals surface area contributed by atoms with E-state index in [-0.39, 0.29) is 12.1 Å². The summed E-state index contributed by atoms with van der Waals surface area (Å²) in [6.45, 7) is 7.87. The molecule has 0 aromatic heterocycles. The molecule has 5 nitrogen and oxygen atoms in total. The Morgan fingerprint density at radius 3 is 2.95 bits per heavy atom. The summed E-state index contributed by atoms with van der Waals surface area (Å²) in [5, 5.41) is 0. The van der Waals surface area contributed by atoms with Crippen LogP contribution >= 0.6 is 0 Å². The lowest BCUT2D eigenvalue weighted by molar-refractivity contribution is -0.0561. The Balaban J connectivity index is 1.78. The molecule has 1 fully saturated rings. The molecule has 2 aliphatic heterocycles. The van der Waals surface area contributed by atoms with E-state index in [0.717, 1.165) is 38.5 Å². The molecule has 0 amide bonds. The van der Waals surface area contributed by atoms with E-state index in [4.69, 9.17) is 15.3 Å². The molecule has 0 saturated carbocycles. The average Bonchev–Trinajstić information content (AvgIpc) is 2.96.